The van der Waals surface area contributed by atoms with E-state index in [1.807, 2.05) is 36.5 Å². The van der Waals surface area contributed by atoms with Crippen molar-refractivity contribution in [2.45, 2.75) is 245 Å². The van der Waals surface area contributed by atoms with Gasteiger partial charge in [0.05, 0.1) is 6.10 Å². The monoisotopic (exact) mass is 935 g/mol. The Morgan fingerprint density at radius 1 is 0.403 bits per heavy atom. The average molecular weight is 935 g/mol. The Labute approximate surface area is 410 Å². The zero-order valence-electron chi connectivity index (χ0n) is 42.9. The molecule has 0 aliphatic rings. The normalized spacial score (nSPS) is 13.3. The van der Waals surface area contributed by atoms with Gasteiger partial charge in [-0.3, -0.25) is 14.8 Å². The third kappa shape index (κ3) is 50.0. The number of ether oxygens (including phenoxy) is 3. The molecule has 0 aromatic carbocycles. The fraction of sp³-hybridized carbons (Fsp3) is 0.678. The molecule has 2 atom stereocenters. The van der Waals surface area contributed by atoms with Crippen molar-refractivity contribution < 1.29 is 38.7 Å². The predicted molar refractivity (Wildman–Crippen MR) is 282 cm³/mol. The molecule has 0 amide bonds. The zero-order chi connectivity index (χ0) is 48.8. The van der Waals surface area contributed by atoms with Gasteiger partial charge in [-0.05, 0) is 96.3 Å². The van der Waals surface area contributed by atoms with Gasteiger partial charge >= 0.3 is 17.9 Å². The molecule has 0 rings (SSSR count). The van der Waals surface area contributed by atoms with Crippen molar-refractivity contribution in [1.29, 1.82) is 0 Å². The van der Waals surface area contributed by atoms with Gasteiger partial charge in [-0.25, -0.2) is 9.68 Å². The lowest BCUT2D eigenvalue weighted by Gasteiger charge is -2.17. The van der Waals surface area contributed by atoms with Gasteiger partial charge in [-0.15, -0.1) is 0 Å². The number of carbonyl (C=O) groups is 3. The first-order valence-corrected chi connectivity index (χ1v) is 27.1. The summed E-state index contributed by atoms with van der Waals surface area (Å²) < 4.78 is 16.6. The van der Waals surface area contributed by atoms with Crippen LogP contribution in [0.25, 0.3) is 0 Å². The summed E-state index contributed by atoms with van der Waals surface area (Å²) in [6.45, 7) is 6.24. The number of rotatable bonds is 48. The molecular weight excluding hydrogens is 837 g/mol. The zero-order valence-corrected chi connectivity index (χ0v) is 42.9. The minimum Gasteiger partial charge on any atom is -0.462 e. The van der Waals surface area contributed by atoms with E-state index in [1.165, 1.54) is 83.1 Å². The molecule has 0 aromatic heterocycles. The van der Waals surface area contributed by atoms with E-state index < -0.39 is 12.1 Å². The lowest BCUT2D eigenvalue weighted by molar-refractivity contribution is -0.281. The summed E-state index contributed by atoms with van der Waals surface area (Å²) in [5, 5.41) is 8.93. The Hall–Kier alpha value is -3.75. The maximum Gasteiger partial charge on any atom is 0.331 e. The van der Waals surface area contributed by atoms with E-state index in [0.717, 1.165) is 122 Å². The van der Waals surface area contributed by atoms with Crippen LogP contribution in [-0.4, -0.2) is 48.6 Å². The van der Waals surface area contributed by atoms with Gasteiger partial charge in [0.25, 0.3) is 0 Å². The maximum absolute atomic E-state index is 12.7. The Morgan fingerprint density at radius 2 is 0.806 bits per heavy atom. The fourth-order valence-corrected chi connectivity index (χ4v) is 7.33. The van der Waals surface area contributed by atoms with Crippen molar-refractivity contribution in [2.24, 2.45) is 0 Å². The van der Waals surface area contributed by atoms with E-state index in [1.54, 1.807) is 12.2 Å². The van der Waals surface area contributed by atoms with Gasteiger partial charge in [0.1, 0.15) is 13.2 Å². The Kier molecular flexibility index (Phi) is 50.2. The number of allylic oxidation sites excluding steroid dienone is 15. The van der Waals surface area contributed by atoms with Gasteiger partial charge in [0.2, 0.25) is 0 Å². The molecule has 0 aromatic rings. The summed E-state index contributed by atoms with van der Waals surface area (Å²) in [5.41, 5.74) is 0. The summed E-state index contributed by atoms with van der Waals surface area (Å²) in [4.78, 5) is 42.4. The first-order chi connectivity index (χ1) is 33.0. The third-order valence-electron chi connectivity index (χ3n) is 11.4. The topological polar surface area (TPSA) is 108 Å². The molecule has 382 valence electrons. The largest absolute Gasteiger partial charge is 0.462 e. The van der Waals surface area contributed by atoms with Crippen molar-refractivity contribution in [3.8, 4) is 0 Å². The van der Waals surface area contributed by atoms with E-state index in [9.17, 15) is 14.4 Å². The molecule has 0 radical (unpaired) electrons. The second-order valence-corrected chi connectivity index (χ2v) is 17.8. The molecule has 0 aliphatic heterocycles. The minimum absolute atomic E-state index is 0.0414. The first-order valence-electron chi connectivity index (χ1n) is 27.1. The smallest absolute Gasteiger partial charge is 0.331 e. The number of hydrogen-bond acceptors (Lipinski definition) is 8. The van der Waals surface area contributed by atoms with Gasteiger partial charge in [0.15, 0.2) is 6.10 Å². The lowest BCUT2D eigenvalue weighted by atomic mass is 10.1. The van der Waals surface area contributed by atoms with E-state index >= 15 is 0 Å². The van der Waals surface area contributed by atoms with Crippen LogP contribution in [0.4, 0.5) is 0 Å². The van der Waals surface area contributed by atoms with Crippen LogP contribution in [0.3, 0.4) is 0 Å². The van der Waals surface area contributed by atoms with Crippen molar-refractivity contribution in [2.75, 3.05) is 13.2 Å². The molecule has 0 saturated carbocycles. The van der Waals surface area contributed by atoms with Gasteiger partial charge in [-0.1, -0.05) is 215 Å². The second kappa shape index (κ2) is 53.2. The molecule has 8 heteroatoms. The number of hydrogen-bond donors (Lipinski definition) is 1. The molecule has 1 N–H and O–H groups in total. The van der Waals surface area contributed by atoms with Crippen LogP contribution < -0.4 is 0 Å². The van der Waals surface area contributed by atoms with Gasteiger partial charge in [0, 0.05) is 18.9 Å². The molecule has 0 aliphatic carbocycles. The molecular formula is C59H98O8. The van der Waals surface area contributed by atoms with Crippen LogP contribution in [0, 0.1) is 0 Å². The lowest BCUT2D eigenvalue weighted by Crippen LogP contribution is -2.30. The van der Waals surface area contributed by atoms with Crippen molar-refractivity contribution in [3.05, 3.63) is 97.2 Å². The van der Waals surface area contributed by atoms with Crippen molar-refractivity contribution in [3.63, 3.8) is 0 Å². The van der Waals surface area contributed by atoms with E-state index in [0.29, 0.717) is 12.8 Å². The van der Waals surface area contributed by atoms with Crippen molar-refractivity contribution in [1.82, 2.24) is 0 Å². The third-order valence-corrected chi connectivity index (χ3v) is 11.4. The second-order valence-electron chi connectivity index (χ2n) is 17.8. The fourth-order valence-electron chi connectivity index (χ4n) is 7.33. The highest BCUT2D eigenvalue weighted by Gasteiger charge is 2.18. The van der Waals surface area contributed by atoms with Crippen LogP contribution >= 0.6 is 0 Å². The molecule has 8 nitrogen and oxygen atoms in total. The van der Waals surface area contributed by atoms with Crippen LogP contribution in [0.1, 0.15) is 233 Å². The Balaban J connectivity index is 4.66. The van der Waals surface area contributed by atoms with Crippen LogP contribution in [0.15, 0.2) is 97.2 Å². The first kappa shape index (κ1) is 63.2. The van der Waals surface area contributed by atoms with E-state index in [2.05, 4.69) is 68.2 Å². The predicted octanol–water partition coefficient (Wildman–Crippen LogP) is 17.2. The van der Waals surface area contributed by atoms with E-state index in [4.69, 9.17) is 19.5 Å². The summed E-state index contributed by atoms with van der Waals surface area (Å²) >= 11 is 0. The standard InChI is InChI=1S/C59H98O8/c1-4-7-9-11-13-15-17-19-21-25-29-33-37-41-45-50-57(60)64-53-56(54-65-58(61)51-46-42-38-34-30-26-22-20-18-16-14-12-10-8-5-2)66-59(62)52-47-43-39-35-31-27-23-24-28-32-36-40-44-49-55(67-63)48-6-3/h13,15,19-24,27-28,31,35,39,43,47,52,55-56,63H,4-12,14,16-18,25-26,29-30,32-34,36-38,40-42,44-46,48-51,53-54H2,1-3H3/b15-13-,21-19-,22-20-,27-23?,28-24?,35-31?,43-39?,52-47?. The van der Waals surface area contributed by atoms with Gasteiger partial charge in [-0.2, -0.15) is 0 Å². The molecule has 2 unspecified atom stereocenters. The van der Waals surface area contributed by atoms with Crippen LogP contribution in [-0.2, 0) is 33.5 Å². The summed E-state index contributed by atoms with van der Waals surface area (Å²) in [5.74, 6) is -1.29. The highest BCUT2D eigenvalue weighted by molar-refractivity contribution is 5.82. The molecule has 0 saturated heterocycles. The minimum atomic E-state index is -0.898. The summed E-state index contributed by atoms with van der Waals surface area (Å²) in [6.07, 6.45) is 66.3. The average Bonchev–Trinajstić information content (AvgIpc) is 3.33. The van der Waals surface area contributed by atoms with Gasteiger partial charge < -0.3 is 14.2 Å². The highest BCUT2D eigenvalue weighted by atomic mass is 17.1. The van der Waals surface area contributed by atoms with E-state index in [-0.39, 0.29) is 31.3 Å². The Bertz CT molecular complexity index is 1370. The Morgan fingerprint density at radius 3 is 1.31 bits per heavy atom. The molecule has 0 spiro atoms. The highest BCUT2D eigenvalue weighted by Crippen LogP contribution is 2.14. The molecule has 0 fully saturated rings. The molecule has 0 heterocycles. The number of unbranched alkanes of at least 4 members (excludes halogenated alkanes) is 22. The van der Waals surface area contributed by atoms with Crippen LogP contribution in [0.5, 0.6) is 0 Å². The number of esters is 3. The van der Waals surface area contributed by atoms with Crippen LogP contribution in [0.2, 0.25) is 0 Å². The van der Waals surface area contributed by atoms with Crippen molar-refractivity contribution >= 4 is 17.9 Å². The summed E-state index contributed by atoms with van der Waals surface area (Å²) in [7, 11) is 0. The molecule has 67 heavy (non-hydrogen) atoms. The quantitative estimate of drug-likeness (QED) is 0.00939. The number of carbonyl (C=O) groups excluding carboxylic acids is 3. The molecule has 0 bridgehead atoms. The summed E-state index contributed by atoms with van der Waals surface area (Å²) in [6, 6.07) is 0. The SMILES string of the molecule is CCCCC/C=C\C/C=C\CCCCCCCC(=O)OCC(COC(=O)CCCCCCC/C=C\CCCCCCCC)OC(=O)C=CC=CC=CC=CC=CCCCCCC(CCC)OO. The maximum atomic E-state index is 12.7.